The van der Waals surface area contributed by atoms with E-state index in [2.05, 4.69) is 4.74 Å². The van der Waals surface area contributed by atoms with Crippen molar-refractivity contribution >= 4 is 18.0 Å². The van der Waals surface area contributed by atoms with Gasteiger partial charge in [0.05, 0.1) is 0 Å². The van der Waals surface area contributed by atoms with Gasteiger partial charge in [0.1, 0.15) is 17.1 Å². The van der Waals surface area contributed by atoms with Gasteiger partial charge in [0.2, 0.25) is 0 Å². The lowest BCUT2D eigenvalue weighted by molar-refractivity contribution is -0.274. The van der Waals surface area contributed by atoms with Crippen LogP contribution in [-0.2, 0) is 19.1 Å². The van der Waals surface area contributed by atoms with Gasteiger partial charge < -0.3 is 14.2 Å². The molecule has 2 rings (SSSR count). The van der Waals surface area contributed by atoms with Crippen LogP contribution in [0.2, 0.25) is 0 Å². The highest BCUT2D eigenvalue weighted by Crippen LogP contribution is 2.28. The molecule has 1 aromatic carbocycles. The van der Waals surface area contributed by atoms with Crippen molar-refractivity contribution in [2.75, 3.05) is 0 Å². The van der Waals surface area contributed by atoms with E-state index in [9.17, 15) is 27.2 Å². The molecule has 0 unspecified atom stereocenters. The van der Waals surface area contributed by atoms with Gasteiger partial charge in [-0.3, -0.25) is 0 Å². The van der Waals surface area contributed by atoms with E-state index in [0.717, 1.165) is 18.2 Å². The Morgan fingerprint density at radius 2 is 1.65 bits per heavy atom. The maximum absolute atomic E-state index is 13.4. The van der Waals surface area contributed by atoms with E-state index in [1.807, 2.05) is 0 Å². The third-order valence-electron chi connectivity index (χ3n) is 2.56. The lowest BCUT2D eigenvalue weighted by Gasteiger charge is -2.29. The second kappa shape index (κ2) is 5.56. The van der Waals surface area contributed by atoms with E-state index >= 15 is 0 Å². The molecule has 1 fully saturated rings. The third kappa shape index (κ3) is 4.44. The Bertz CT molecular complexity index is 669. The molecule has 0 N–H and O–H groups in total. The van der Waals surface area contributed by atoms with Crippen LogP contribution in [0.15, 0.2) is 23.8 Å². The maximum Gasteiger partial charge on any atom is 0.573 e. The van der Waals surface area contributed by atoms with Crippen molar-refractivity contribution in [2.24, 2.45) is 0 Å². The fourth-order valence-corrected chi connectivity index (χ4v) is 1.81. The summed E-state index contributed by atoms with van der Waals surface area (Å²) in [5.74, 6) is -5.40. The summed E-state index contributed by atoms with van der Waals surface area (Å²) in [5, 5.41) is 0. The highest BCUT2D eigenvalue weighted by Gasteiger charge is 2.39. The summed E-state index contributed by atoms with van der Waals surface area (Å²) in [6.07, 6.45) is -4.16. The predicted molar refractivity (Wildman–Crippen MR) is 67.3 cm³/mol. The SMILES string of the molecule is CC1(C)OC(=O)C(=Cc2cc(F)cc(OC(F)(F)F)c2)C(=O)O1. The zero-order valence-electron chi connectivity index (χ0n) is 11.9. The molecule has 9 heteroatoms. The Labute approximate surface area is 127 Å². The zero-order valence-corrected chi connectivity index (χ0v) is 11.9. The van der Waals surface area contributed by atoms with Crippen LogP contribution in [-0.4, -0.2) is 24.1 Å². The van der Waals surface area contributed by atoms with Crippen LogP contribution in [0.1, 0.15) is 19.4 Å². The minimum atomic E-state index is -5.01. The molecule has 1 aromatic rings. The monoisotopic (exact) mass is 334 g/mol. The van der Waals surface area contributed by atoms with Crippen molar-refractivity contribution in [2.45, 2.75) is 26.0 Å². The standard InChI is InChI=1S/C14H10F4O5/c1-13(2)22-11(19)10(12(20)23-13)5-7-3-8(15)6-9(4-7)21-14(16,17)18/h3-6H,1-2H3. The average molecular weight is 334 g/mol. The normalized spacial score (nSPS) is 17.4. The molecule has 1 saturated heterocycles. The van der Waals surface area contributed by atoms with Gasteiger partial charge in [-0.05, 0) is 23.8 Å². The summed E-state index contributed by atoms with van der Waals surface area (Å²) in [6, 6.07) is 2.14. The van der Waals surface area contributed by atoms with Crippen molar-refractivity contribution in [3.05, 3.63) is 35.2 Å². The van der Waals surface area contributed by atoms with Gasteiger partial charge in [-0.25, -0.2) is 14.0 Å². The zero-order chi connectivity index (χ0) is 17.4. The molecule has 0 aromatic heterocycles. The lowest BCUT2D eigenvalue weighted by Crippen LogP contribution is -2.41. The van der Waals surface area contributed by atoms with Gasteiger partial charge in [-0.2, -0.15) is 0 Å². The van der Waals surface area contributed by atoms with Gasteiger partial charge in [-0.15, -0.1) is 13.2 Å². The van der Waals surface area contributed by atoms with Gasteiger partial charge in [0, 0.05) is 19.9 Å². The van der Waals surface area contributed by atoms with Gasteiger partial charge in [-0.1, -0.05) is 0 Å². The molecule has 124 valence electrons. The molecule has 0 radical (unpaired) electrons. The largest absolute Gasteiger partial charge is 0.573 e. The first-order valence-electron chi connectivity index (χ1n) is 6.20. The summed E-state index contributed by atoms with van der Waals surface area (Å²) in [5.41, 5.74) is -0.777. The van der Waals surface area contributed by atoms with Crippen LogP contribution >= 0.6 is 0 Å². The summed E-state index contributed by atoms with van der Waals surface area (Å²) in [6.45, 7) is 2.66. The van der Waals surface area contributed by atoms with Crippen LogP contribution < -0.4 is 4.74 Å². The predicted octanol–water partition coefficient (Wildman–Crippen LogP) is 2.94. The van der Waals surface area contributed by atoms with E-state index in [1.165, 1.54) is 13.8 Å². The van der Waals surface area contributed by atoms with Gasteiger partial charge >= 0.3 is 18.3 Å². The summed E-state index contributed by atoms with van der Waals surface area (Å²) in [4.78, 5) is 23.5. The fraction of sp³-hybridized carbons (Fsp3) is 0.286. The summed E-state index contributed by atoms with van der Waals surface area (Å²) in [7, 11) is 0. The topological polar surface area (TPSA) is 61.8 Å². The van der Waals surface area contributed by atoms with E-state index < -0.39 is 41.2 Å². The smallest absolute Gasteiger partial charge is 0.419 e. The number of halogens is 4. The molecule has 0 spiro atoms. The number of hydrogen-bond donors (Lipinski definition) is 0. The number of carbonyl (C=O) groups is 2. The van der Waals surface area contributed by atoms with Crippen LogP contribution in [0.3, 0.4) is 0 Å². The van der Waals surface area contributed by atoms with Crippen molar-refractivity contribution in [1.29, 1.82) is 0 Å². The molecule has 0 atom stereocenters. The van der Waals surface area contributed by atoms with Crippen LogP contribution in [0, 0.1) is 5.82 Å². The Kier molecular flexibility index (Phi) is 4.06. The number of cyclic esters (lactones) is 2. The number of alkyl halides is 3. The molecule has 1 aliphatic rings. The van der Waals surface area contributed by atoms with E-state index in [0.29, 0.717) is 6.07 Å². The number of benzene rings is 1. The molecule has 0 aliphatic carbocycles. The molecule has 1 heterocycles. The number of esters is 2. The van der Waals surface area contributed by atoms with Gasteiger partial charge in [0.25, 0.3) is 5.79 Å². The highest BCUT2D eigenvalue weighted by atomic mass is 19.4. The quantitative estimate of drug-likeness (QED) is 0.360. The van der Waals surface area contributed by atoms with Crippen LogP contribution in [0.4, 0.5) is 17.6 Å². The first-order valence-corrected chi connectivity index (χ1v) is 6.20. The van der Waals surface area contributed by atoms with Crippen molar-refractivity contribution < 1.29 is 41.4 Å². The van der Waals surface area contributed by atoms with Crippen molar-refractivity contribution in [1.82, 2.24) is 0 Å². The molecular weight excluding hydrogens is 324 g/mol. The van der Waals surface area contributed by atoms with Gasteiger partial charge in [0.15, 0.2) is 0 Å². The van der Waals surface area contributed by atoms with Crippen LogP contribution in [0.5, 0.6) is 5.75 Å². The van der Waals surface area contributed by atoms with Crippen molar-refractivity contribution in [3.8, 4) is 5.75 Å². The number of hydrogen-bond acceptors (Lipinski definition) is 5. The summed E-state index contributed by atoms with van der Waals surface area (Å²) >= 11 is 0. The number of rotatable bonds is 2. The first-order chi connectivity index (χ1) is 10.5. The molecule has 0 saturated carbocycles. The fourth-order valence-electron chi connectivity index (χ4n) is 1.81. The minimum Gasteiger partial charge on any atom is -0.419 e. The second-order valence-electron chi connectivity index (χ2n) is 5.00. The molecule has 5 nitrogen and oxygen atoms in total. The van der Waals surface area contributed by atoms with E-state index in [4.69, 9.17) is 9.47 Å². The Morgan fingerprint density at radius 1 is 1.09 bits per heavy atom. The molecule has 23 heavy (non-hydrogen) atoms. The first kappa shape index (κ1) is 16.8. The van der Waals surface area contributed by atoms with E-state index in [1.54, 1.807) is 0 Å². The molecule has 1 aliphatic heterocycles. The Hall–Kier alpha value is -2.58. The Morgan fingerprint density at radius 3 is 2.17 bits per heavy atom. The summed E-state index contributed by atoms with van der Waals surface area (Å²) < 4.78 is 63.1. The Balaban J connectivity index is 2.35. The van der Waals surface area contributed by atoms with Crippen molar-refractivity contribution in [3.63, 3.8) is 0 Å². The number of carbonyl (C=O) groups excluding carboxylic acids is 2. The van der Waals surface area contributed by atoms with E-state index in [-0.39, 0.29) is 5.56 Å². The maximum atomic E-state index is 13.4. The average Bonchev–Trinajstić information content (AvgIpc) is 2.29. The third-order valence-corrected chi connectivity index (χ3v) is 2.56. The molecule has 0 amide bonds. The lowest BCUT2D eigenvalue weighted by atomic mass is 10.1. The molecular formula is C14H10F4O5. The number of ether oxygens (including phenoxy) is 3. The molecule has 0 bridgehead atoms. The minimum absolute atomic E-state index is 0.201. The second-order valence-corrected chi connectivity index (χ2v) is 5.00. The van der Waals surface area contributed by atoms with Crippen LogP contribution in [0.25, 0.3) is 6.08 Å². The highest BCUT2D eigenvalue weighted by molar-refractivity contribution is 6.18.